The zero-order valence-corrected chi connectivity index (χ0v) is 12.2. The van der Waals surface area contributed by atoms with Gasteiger partial charge in [0.05, 0.1) is 0 Å². The number of hydrogen-bond acceptors (Lipinski definition) is 2. The second-order valence-corrected chi connectivity index (χ2v) is 6.41. The van der Waals surface area contributed by atoms with Crippen molar-refractivity contribution in [2.24, 2.45) is 0 Å². The lowest BCUT2D eigenvalue weighted by Gasteiger charge is -2.28. The van der Waals surface area contributed by atoms with Gasteiger partial charge in [0.25, 0.3) is 0 Å². The molecule has 1 saturated heterocycles. The summed E-state index contributed by atoms with van der Waals surface area (Å²) in [6.45, 7) is 8.29. The Balaban J connectivity index is 2.03. The van der Waals surface area contributed by atoms with E-state index >= 15 is 0 Å². The van der Waals surface area contributed by atoms with Crippen LogP contribution >= 0.6 is 11.8 Å². The van der Waals surface area contributed by atoms with Crippen molar-refractivity contribution in [1.82, 2.24) is 4.90 Å². The maximum absolute atomic E-state index is 2.69. The summed E-state index contributed by atoms with van der Waals surface area (Å²) < 4.78 is 0. The number of nitrogens with zero attached hydrogens (tertiary/aromatic N) is 1. The van der Waals surface area contributed by atoms with Crippen molar-refractivity contribution in [2.45, 2.75) is 71.4 Å². The Bertz CT molecular complexity index is 170. The molecule has 0 amide bonds. The highest BCUT2D eigenvalue weighted by molar-refractivity contribution is 7.99. The molecule has 1 heterocycles. The second kappa shape index (κ2) is 8.41. The molecule has 1 nitrogen and oxygen atoms in total. The molecular formula is C14H29NS. The van der Waals surface area contributed by atoms with Crippen LogP contribution in [0.5, 0.6) is 0 Å². The molecule has 0 radical (unpaired) electrons. The van der Waals surface area contributed by atoms with Crippen LogP contribution in [0.15, 0.2) is 0 Å². The van der Waals surface area contributed by atoms with E-state index in [9.17, 15) is 0 Å². The molecule has 0 aromatic heterocycles. The van der Waals surface area contributed by atoms with Gasteiger partial charge in [-0.05, 0) is 45.4 Å². The molecule has 1 atom stereocenters. The molecule has 16 heavy (non-hydrogen) atoms. The van der Waals surface area contributed by atoms with Gasteiger partial charge in [0.2, 0.25) is 0 Å². The fraction of sp³-hybridized carbons (Fsp3) is 1.00. The number of thioether (sulfide) groups is 1. The first-order valence-corrected chi connectivity index (χ1v) is 8.24. The fourth-order valence-electron chi connectivity index (χ4n) is 2.57. The molecule has 0 spiro atoms. The summed E-state index contributed by atoms with van der Waals surface area (Å²) in [6, 6.07) is 1.62. The molecule has 1 rings (SSSR count). The maximum atomic E-state index is 2.69. The van der Waals surface area contributed by atoms with Crippen LogP contribution in [0.4, 0.5) is 0 Å². The maximum Gasteiger partial charge on any atom is 0.0189 e. The van der Waals surface area contributed by atoms with E-state index in [0.717, 1.165) is 12.1 Å². The third-order valence-electron chi connectivity index (χ3n) is 3.54. The minimum atomic E-state index is 0.744. The molecule has 1 unspecified atom stereocenters. The van der Waals surface area contributed by atoms with Gasteiger partial charge in [-0.2, -0.15) is 11.8 Å². The summed E-state index contributed by atoms with van der Waals surface area (Å²) in [5.74, 6) is 2.74. The minimum Gasteiger partial charge on any atom is -0.297 e. The third-order valence-corrected chi connectivity index (χ3v) is 4.74. The van der Waals surface area contributed by atoms with Gasteiger partial charge >= 0.3 is 0 Å². The van der Waals surface area contributed by atoms with Gasteiger partial charge in [-0.3, -0.25) is 4.90 Å². The van der Waals surface area contributed by atoms with E-state index in [0.29, 0.717) is 0 Å². The summed E-state index contributed by atoms with van der Waals surface area (Å²) >= 11 is 2.18. The topological polar surface area (TPSA) is 3.24 Å². The van der Waals surface area contributed by atoms with Gasteiger partial charge in [0.15, 0.2) is 0 Å². The molecule has 0 aromatic rings. The molecule has 1 fully saturated rings. The van der Waals surface area contributed by atoms with E-state index in [1.54, 1.807) is 0 Å². The van der Waals surface area contributed by atoms with Crippen LogP contribution in [0.3, 0.4) is 0 Å². The van der Waals surface area contributed by atoms with Crippen molar-refractivity contribution in [3.8, 4) is 0 Å². The summed E-state index contributed by atoms with van der Waals surface area (Å²) in [5, 5.41) is 0. The van der Waals surface area contributed by atoms with E-state index in [1.807, 2.05) is 0 Å². The van der Waals surface area contributed by atoms with Gasteiger partial charge in [0.1, 0.15) is 0 Å². The number of rotatable bonds is 8. The first kappa shape index (κ1) is 14.4. The van der Waals surface area contributed by atoms with Crippen molar-refractivity contribution in [1.29, 1.82) is 0 Å². The summed E-state index contributed by atoms with van der Waals surface area (Å²) in [7, 11) is 0. The fourth-order valence-corrected chi connectivity index (χ4v) is 3.77. The van der Waals surface area contributed by atoms with Crippen LogP contribution in [0, 0.1) is 0 Å². The van der Waals surface area contributed by atoms with E-state index in [-0.39, 0.29) is 0 Å². The highest BCUT2D eigenvalue weighted by Gasteiger charge is 2.25. The molecule has 1 aliphatic rings. The van der Waals surface area contributed by atoms with Gasteiger partial charge in [0, 0.05) is 17.8 Å². The monoisotopic (exact) mass is 243 g/mol. The Morgan fingerprint density at radius 1 is 1.25 bits per heavy atom. The molecule has 0 saturated carbocycles. The van der Waals surface area contributed by atoms with E-state index in [1.165, 1.54) is 56.6 Å². The summed E-state index contributed by atoms with van der Waals surface area (Å²) in [5.41, 5.74) is 0. The number of hydrogen-bond donors (Lipinski definition) is 0. The Labute approximate surface area is 106 Å². The van der Waals surface area contributed by atoms with Crippen molar-refractivity contribution < 1.29 is 0 Å². The molecular weight excluding hydrogens is 214 g/mol. The predicted octanol–water partition coefficient (Wildman–Crippen LogP) is 4.17. The Kier molecular flexibility index (Phi) is 7.55. The number of likely N-dealkylation sites (tertiary alicyclic amines) is 1. The molecule has 0 bridgehead atoms. The first-order valence-electron chi connectivity index (χ1n) is 7.09. The third kappa shape index (κ3) is 5.09. The van der Waals surface area contributed by atoms with E-state index in [4.69, 9.17) is 0 Å². The van der Waals surface area contributed by atoms with Crippen molar-refractivity contribution in [3.05, 3.63) is 0 Å². The highest BCUT2D eigenvalue weighted by Crippen LogP contribution is 2.23. The van der Waals surface area contributed by atoms with Crippen LogP contribution in [0.2, 0.25) is 0 Å². The van der Waals surface area contributed by atoms with Crippen LogP contribution in [-0.2, 0) is 0 Å². The van der Waals surface area contributed by atoms with Crippen molar-refractivity contribution >= 4 is 11.8 Å². The van der Waals surface area contributed by atoms with Gasteiger partial charge in [-0.25, -0.2) is 0 Å². The number of unbranched alkanes of at least 4 members (excludes halogenated alkanes) is 3. The van der Waals surface area contributed by atoms with Crippen LogP contribution < -0.4 is 0 Å². The molecule has 2 heteroatoms. The van der Waals surface area contributed by atoms with Gasteiger partial charge < -0.3 is 0 Å². The quantitative estimate of drug-likeness (QED) is 0.589. The average molecular weight is 243 g/mol. The van der Waals surface area contributed by atoms with Crippen LogP contribution in [0.1, 0.15) is 59.3 Å². The average Bonchev–Trinajstić information content (AvgIpc) is 2.71. The second-order valence-electron chi connectivity index (χ2n) is 5.26. The zero-order chi connectivity index (χ0) is 11.8. The van der Waals surface area contributed by atoms with Crippen molar-refractivity contribution in [3.63, 3.8) is 0 Å². The van der Waals surface area contributed by atoms with E-state index in [2.05, 4.69) is 37.4 Å². The zero-order valence-electron chi connectivity index (χ0n) is 11.4. The summed E-state index contributed by atoms with van der Waals surface area (Å²) in [4.78, 5) is 2.69. The highest BCUT2D eigenvalue weighted by atomic mass is 32.2. The smallest absolute Gasteiger partial charge is 0.0189 e. The summed E-state index contributed by atoms with van der Waals surface area (Å²) in [6.07, 6.45) is 8.48. The van der Waals surface area contributed by atoms with Crippen LogP contribution in [0.25, 0.3) is 0 Å². The Morgan fingerprint density at radius 2 is 2.06 bits per heavy atom. The molecule has 96 valence electrons. The van der Waals surface area contributed by atoms with Crippen LogP contribution in [-0.4, -0.2) is 35.0 Å². The molecule has 0 N–H and O–H groups in total. The van der Waals surface area contributed by atoms with E-state index < -0.39 is 0 Å². The lowest BCUT2D eigenvalue weighted by atomic mass is 10.2. The molecule has 1 aliphatic heterocycles. The molecule has 0 aliphatic carbocycles. The predicted molar refractivity (Wildman–Crippen MR) is 76.3 cm³/mol. The van der Waals surface area contributed by atoms with Gasteiger partial charge in [-0.15, -0.1) is 0 Å². The molecule has 0 aromatic carbocycles. The minimum absolute atomic E-state index is 0.744. The lowest BCUT2D eigenvalue weighted by molar-refractivity contribution is 0.219. The largest absolute Gasteiger partial charge is 0.297 e. The SMILES string of the molecule is CCCCCCSCC1CCCN1C(C)C. The standard InChI is InChI=1S/C14H29NS/c1-4-5-6-7-11-16-12-14-9-8-10-15(14)13(2)3/h13-14H,4-12H2,1-3H3. The Morgan fingerprint density at radius 3 is 2.75 bits per heavy atom. The normalized spacial score (nSPS) is 22.1. The Hall–Kier alpha value is 0.310. The van der Waals surface area contributed by atoms with Crippen molar-refractivity contribution in [2.75, 3.05) is 18.1 Å². The van der Waals surface area contributed by atoms with Gasteiger partial charge in [-0.1, -0.05) is 26.2 Å². The lowest BCUT2D eigenvalue weighted by Crippen LogP contribution is -2.36. The first-order chi connectivity index (χ1) is 7.75.